The van der Waals surface area contributed by atoms with Crippen LogP contribution in [0.25, 0.3) is 0 Å². The number of halogens is 3. The van der Waals surface area contributed by atoms with Crippen molar-refractivity contribution in [3.63, 3.8) is 0 Å². The van der Waals surface area contributed by atoms with Gasteiger partial charge in [-0.15, -0.1) is 0 Å². The zero-order valence-electron chi connectivity index (χ0n) is 15.7. The average molecular weight is 413 g/mol. The van der Waals surface area contributed by atoms with Crippen LogP contribution in [0.4, 0.5) is 24.5 Å². The molecular formula is C22H18F3N3O2. The van der Waals surface area contributed by atoms with Gasteiger partial charge in [-0.05, 0) is 54.1 Å². The van der Waals surface area contributed by atoms with Crippen molar-refractivity contribution < 1.29 is 22.8 Å². The second-order valence-corrected chi connectivity index (χ2v) is 6.50. The van der Waals surface area contributed by atoms with Crippen LogP contribution < -0.4 is 16.4 Å². The molecule has 0 aliphatic heterocycles. The number of anilines is 2. The summed E-state index contributed by atoms with van der Waals surface area (Å²) in [5.74, 6) is -0.821. The van der Waals surface area contributed by atoms with Crippen molar-refractivity contribution in [2.75, 3.05) is 11.1 Å². The maximum atomic E-state index is 12.6. The van der Waals surface area contributed by atoms with E-state index in [1.807, 2.05) is 0 Å². The van der Waals surface area contributed by atoms with Gasteiger partial charge in [0.2, 0.25) is 0 Å². The van der Waals surface area contributed by atoms with Gasteiger partial charge in [0, 0.05) is 17.7 Å². The lowest BCUT2D eigenvalue weighted by Gasteiger charge is -2.10. The molecule has 3 aromatic carbocycles. The largest absolute Gasteiger partial charge is 0.416 e. The molecule has 0 saturated heterocycles. The smallest absolute Gasteiger partial charge is 0.397 e. The first kappa shape index (κ1) is 20.9. The van der Waals surface area contributed by atoms with Gasteiger partial charge >= 0.3 is 6.18 Å². The Morgan fingerprint density at radius 3 is 1.97 bits per heavy atom. The molecule has 0 saturated carbocycles. The number of nitrogens with two attached hydrogens (primary N) is 1. The molecule has 0 radical (unpaired) electrons. The molecule has 0 atom stereocenters. The summed E-state index contributed by atoms with van der Waals surface area (Å²) in [5.41, 5.74) is 7.22. The van der Waals surface area contributed by atoms with Crippen molar-refractivity contribution in [3.8, 4) is 0 Å². The summed E-state index contributed by atoms with van der Waals surface area (Å²) in [5, 5.41) is 5.35. The Hall–Kier alpha value is -3.81. The van der Waals surface area contributed by atoms with Crippen molar-refractivity contribution in [1.82, 2.24) is 5.32 Å². The number of nitrogen functional groups attached to an aromatic ring is 1. The van der Waals surface area contributed by atoms with Crippen molar-refractivity contribution in [2.24, 2.45) is 0 Å². The zero-order chi connectivity index (χ0) is 21.7. The Morgan fingerprint density at radius 2 is 1.37 bits per heavy atom. The van der Waals surface area contributed by atoms with Crippen LogP contribution in [0.2, 0.25) is 0 Å². The Labute approximate surface area is 170 Å². The van der Waals surface area contributed by atoms with E-state index in [0.717, 1.165) is 29.8 Å². The molecule has 5 nitrogen and oxygen atoms in total. The summed E-state index contributed by atoms with van der Waals surface area (Å²) >= 11 is 0. The van der Waals surface area contributed by atoms with Crippen molar-refractivity contribution in [2.45, 2.75) is 12.7 Å². The number of carbonyl (C=O) groups excluding carboxylic acids is 2. The van der Waals surface area contributed by atoms with E-state index in [-0.39, 0.29) is 18.0 Å². The molecule has 0 unspecified atom stereocenters. The van der Waals surface area contributed by atoms with E-state index in [9.17, 15) is 22.8 Å². The normalized spacial score (nSPS) is 11.0. The molecular weight excluding hydrogens is 395 g/mol. The van der Waals surface area contributed by atoms with E-state index in [4.69, 9.17) is 5.73 Å². The first-order chi connectivity index (χ1) is 14.2. The molecule has 0 fully saturated rings. The van der Waals surface area contributed by atoms with Crippen LogP contribution in [0.5, 0.6) is 0 Å². The van der Waals surface area contributed by atoms with Gasteiger partial charge in [0.05, 0.1) is 16.9 Å². The van der Waals surface area contributed by atoms with Crippen LogP contribution in [-0.4, -0.2) is 11.8 Å². The predicted octanol–water partition coefficient (Wildman–Crippen LogP) is 4.47. The number of carbonyl (C=O) groups is 2. The monoisotopic (exact) mass is 413 g/mol. The number of amides is 2. The molecule has 3 rings (SSSR count). The fourth-order valence-electron chi connectivity index (χ4n) is 2.67. The van der Waals surface area contributed by atoms with Gasteiger partial charge in [0.25, 0.3) is 11.8 Å². The van der Waals surface area contributed by atoms with Crippen LogP contribution in [-0.2, 0) is 12.7 Å². The quantitative estimate of drug-likeness (QED) is 0.540. The molecule has 0 aliphatic rings. The molecule has 8 heteroatoms. The second-order valence-electron chi connectivity index (χ2n) is 6.50. The number of hydrogen-bond acceptors (Lipinski definition) is 3. The third kappa shape index (κ3) is 5.16. The minimum absolute atomic E-state index is 0.124. The third-order valence-electron chi connectivity index (χ3n) is 4.35. The van der Waals surface area contributed by atoms with E-state index in [1.54, 1.807) is 48.5 Å². The third-order valence-corrected chi connectivity index (χ3v) is 4.35. The first-order valence-electron chi connectivity index (χ1n) is 8.94. The SMILES string of the molecule is Nc1ccccc1NC(=O)c1ccc(CNC(=O)c2ccc(C(F)(F)F)cc2)cc1. The van der Waals surface area contributed by atoms with Gasteiger partial charge in [0.15, 0.2) is 0 Å². The van der Waals surface area contributed by atoms with E-state index in [1.165, 1.54) is 0 Å². The summed E-state index contributed by atoms with van der Waals surface area (Å²) < 4.78 is 37.8. The lowest BCUT2D eigenvalue weighted by molar-refractivity contribution is -0.137. The van der Waals surface area contributed by atoms with Gasteiger partial charge in [-0.25, -0.2) is 0 Å². The molecule has 2 amide bonds. The maximum Gasteiger partial charge on any atom is 0.416 e. The molecule has 0 spiro atoms. The number of alkyl halides is 3. The zero-order valence-corrected chi connectivity index (χ0v) is 15.7. The summed E-state index contributed by atoms with van der Waals surface area (Å²) in [6.07, 6.45) is -4.45. The van der Waals surface area contributed by atoms with Crippen LogP contribution in [0.1, 0.15) is 31.8 Å². The van der Waals surface area contributed by atoms with E-state index >= 15 is 0 Å². The summed E-state index contributed by atoms with van der Waals surface area (Å²) in [4.78, 5) is 24.4. The number of hydrogen-bond donors (Lipinski definition) is 3. The average Bonchev–Trinajstić information content (AvgIpc) is 2.73. The standard InChI is InChI=1S/C22H18F3N3O2/c23-22(24,25)17-11-9-15(10-12-17)20(29)27-13-14-5-7-16(8-6-14)21(30)28-19-4-2-1-3-18(19)26/h1-12H,13,26H2,(H,27,29)(H,28,30). The van der Waals surface area contributed by atoms with E-state index < -0.39 is 17.6 Å². The Kier molecular flexibility index (Phi) is 6.06. The maximum absolute atomic E-state index is 12.6. The molecule has 30 heavy (non-hydrogen) atoms. The highest BCUT2D eigenvalue weighted by atomic mass is 19.4. The lowest BCUT2D eigenvalue weighted by Crippen LogP contribution is -2.23. The van der Waals surface area contributed by atoms with Gasteiger partial charge in [0.1, 0.15) is 0 Å². The molecule has 3 aromatic rings. The summed E-state index contributed by atoms with van der Waals surface area (Å²) in [7, 11) is 0. The van der Waals surface area contributed by atoms with Crippen LogP contribution in [0, 0.1) is 0 Å². The molecule has 0 heterocycles. The fraction of sp³-hybridized carbons (Fsp3) is 0.0909. The fourth-order valence-corrected chi connectivity index (χ4v) is 2.67. The molecule has 4 N–H and O–H groups in total. The second kappa shape index (κ2) is 8.69. The van der Waals surface area contributed by atoms with Crippen LogP contribution in [0.15, 0.2) is 72.8 Å². The lowest BCUT2D eigenvalue weighted by atomic mass is 10.1. The molecule has 0 aliphatic carbocycles. The van der Waals surface area contributed by atoms with Gasteiger partial charge in [-0.1, -0.05) is 24.3 Å². The number of rotatable bonds is 5. The van der Waals surface area contributed by atoms with Crippen molar-refractivity contribution in [1.29, 1.82) is 0 Å². The highest BCUT2D eigenvalue weighted by Gasteiger charge is 2.30. The van der Waals surface area contributed by atoms with Gasteiger partial charge in [-0.2, -0.15) is 13.2 Å². The Morgan fingerprint density at radius 1 is 0.800 bits per heavy atom. The minimum Gasteiger partial charge on any atom is -0.397 e. The topological polar surface area (TPSA) is 84.2 Å². The highest BCUT2D eigenvalue weighted by molar-refractivity contribution is 6.05. The van der Waals surface area contributed by atoms with Crippen molar-refractivity contribution in [3.05, 3.63) is 95.1 Å². The van der Waals surface area contributed by atoms with Gasteiger partial charge < -0.3 is 16.4 Å². The van der Waals surface area contributed by atoms with Crippen LogP contribution >= 0.6 is 0 Å². The number of para-hydroxylation sites is 2. The van der Waals surface area contributed by atoms with E-state index in [2.05, 4.69) is 10.6 Å². The Balaban J connectivity index is 1.57. The van der Waals surface area contributed by atoms with Gasteiger partial charge in [-0.3, -0.25) is 9.59 Å². The predicted molar refractivity (Wildman–Crippen MR) is 108 cm³/mol. The Bertz CT molecular complexity index is 1050. The first-order valence-corrected chi connectivity index (χ1v) is 8.94. The summed E-state index contributed by atoms with van der Waals surface area (Å²) in [6, 6.07) is 17.4. The molecule has 154 valence electrons. The van der Waals surface area contributed by atoms with Crippen LogP contribution in [0.3, 0.4) is 0 Å². The van der Waals surface area contributed by atoms with Crippen molar-refractivity contribution >= 4 is 23.2 Å². The minimum atomic E-state index is -4.45. The highest BCUT2D eigenvalue weighted by Crippen LogP contribution is 2.29. The molecule has 0 aromatic heterocycles. The summed E-state index contributed by atoms with van der Waals surface area (Å²) in [6.45, 7) is 0.160. The number of benzene rings is 3. The van der Waals surface area contributed by atoms with E-state index in [0.29, 0.717) is 16.9 Å². The number of nitrogens with one attached hydrogen (secondary N) is 2. The molecule has 0 bridgehead atoms.